The van der Waals surface area contributed by atoms with Gasteiger partial charge >= 0.3 is 0 Å². The number of aromatic nitrogens is 2. The minimum absolute atomic E-state index is 0.0984. The smallest absolute Gasteiger partial charge is 0.257 e. The predicted molar refractivity (Wildman–Crippen MR) is 100 cm³/mol. The number of ether oxygens (including phenoxy) is 1. The number of carbonyl (C=O) groups excluding carboxylic acids is 1. The van der Waals surface area contributed by atoms with Crippen LogP contribution < -0.4 is 10.1 Å². The zero-order valence-corrected chi connectivity index (χ0v) is 15.1. The minimum Gasteiger partial charge on any atom is -0.491 e. The van der Waals surface area contributed by atoms with E-state index in [9.17, 15) is 4.79 Å². The molecule has 0 aliphatic heterocycles. The van der Waals surface area contributed by atoms with Gasteiger partial charge in [0, 0.05) is 22.7 Å². The first kappa shape index (κ1) is 17.1. The fourth-order valence-corrected chi connectivity index (χ4v) is 2.81. The standard InChI is InChI=1S/C19H19N3O2S/c1-12(2)24-16-10-8-15(9-11-16)18(23)21-19-20-17(22-25-19)14-6-4-13(3)5-7-14/h4-12H,1-3H3,(H,20,21,22,23). The van der Waals surface area contributed by atoms with Crippen LogP contribution in [0.3, 0.4) is 0 Å². The van der Waals surface area contributed by atoms with Gasteiger partial charge in [-0.15, -0.1) is 0 Å². The monoisotopic (exact) mass is 353 g/mol. The van der Waals surface area contributed by atoms with Gasteiger partial charge in [-0.2, -0.15) is 9.36 Å². The van der Waals surface area contributed by atoms with Crippen molar-refractivity contribution in [3.63, 3.8) is 0 Å². The van der Waals surface area contributed by atoms with Crippen molar-refractivity contribution in [1.82, 2.24) is 9.36 Å². The molecule has 0 fully saturated rings. The van der Waals surface area contributed by atoms with Crippen LogP contribution in [-0.2, 0) is 0 Å². The fraction of sp³-hybridized carbons (Fsp3) is 0.211. The van der Waals surface area contributed by atoms with Crippen molar-refractivity contribution in [2.75, 3.05) is 5.32 Å². The molecule has 6 heteroatoms. The van der Waals surface area contributed by atoms with Gasteiger partial charge in [-0.05, 0) is 45.0 Å². The Balaban J connectivity index is 1.68. The summed E-state index contributed by atoms with van der Waals surface area (Å²) in [5.41, 5.74) is 2.65. The summed E-state index contributed by atoms with van der Waals surface area (Å²) in [4.78, 5) is 16.7. The van der Waals surface area contributed by atoms with Crippen LogP contribution in [0.2, 0.25) is 0 Å². The molecule has 2 aromatic carbocycles. The van der Waals surface area contributed by atoms with E-state index < -0.39 is 0 Å². The van der Waals surface area contributed by atoms with E-state index in [-0.39, 0.29) is 12.0 Å². The van der Waals surface area contributed by atoms with E-state index in [0.29, 0.717) is 16.5 Å². The highest BCUT2D eigenvalue weighted by Gasteiger charge is 2.11. The molecule has 0 saturated heterocycles. The third-order valence-electron chi connectivity index (χ3n) is 3.44. The fourth-order valence-electron chi connectivity index (χ4n) is 2.22. The van der Waals surface area contributed by atoms with E-state index in [4.69, 9.17) is 4.74 Å². The molecule has 0 aliphatic rings. The minimum atomic E-state index is -0.220. The second kappa shape index (κ2) is 7.44. The zero-order chi connectivity index (χ0) is 17.8. The van der Waals surface area contributed by atoms with Crippen LogP contribution in [0.25, 0.3) is 11.4 Å². The SMILES string of the molecule is Cc1ccc(-c2nsc(NC(=O)c3ccc(OC(C)C)cc3)n2)cc1. The Labute approximate surface area is 150 Å². The lowest BCUT2D eigenvalue weighted by Crippen LogP contribution is -2.12. The Morgan fingerprint density at radius 3 is 2.40 bits per heavy atom. The van der Waals surface area contributed by atoms with Gasteiger partial charge in [-0.1, -0.05) is 29.8 Å². The lowest BCUT2D eigenvalue weighted by molar-refractivity contribution is 0.102. The molecule has 3 rings (SSSR count). The third kappa shape index (κ3) is 4.42. The highest BCUT2D eigenvalue weighted by Crippen LogP contribution is 2.22. The molecule has 1 aromatic heterocycles. The first-order chi connectivity index (χ1) is 12.0. The molecule has 0 spiro atoms. The average molecular weight is 353 g/mol. The van der Waals surface area contributed by atoms with Crippen LogP contribution >= 0.6 is 11.5 Å². The summed E-state index contributed by atoms with van der Waals surface area (Å²) < 4.78 is 9.88. The highest BCUT2D eigenvalue weighted by molar-refractivity contribution is 7.10. The Kier molecular flexibility index (Phi) is 5.09. The maximum absolute atomic E-state index is 12.3. The number of hydrogen-bond donors (Lipinski definition) is 1. The van der Waals surface area contributed by atoms with Crippen LogP contribution in [0.4, 0.5) is 5.13 Å². The first-order valence-corrected chi connectivity index (χ1v) is 8.77. The number of benzene rings is 2. The number of hydrogen-bond acceptors (Lipinski definition) is 5. The van der Waals surface area contributed by atoms with Gasteiger partial charge in [-0.3, -0.25) is 10.1 Å². The summed E-state index contributed by atoms with van der Waals surface area (Å²) >= 11 is 1.17. The van der Waals surface area contributed by atoms with Crippen LogP contribution in [0.15, 0.2) is 48.5 Å². The number of nitrogens with one attached hydrogen (secondary N) is 1. The Hall–Kier alpha value is -2.73. The molecule has 25 heavy (non-hydrogen) atoms. The molecule has 1 amide bonds. The number of carbonyl (C=O) groups is 1. The number of rotatable bonds is 5. The molecule has 0 saturated carbocycles. The number of amides is 1. The Morgan fingerprint density at radius 1 is 1.08 bits per heavy atom. The maximum Gasteiger partial charge on any atom is 0.257 e. The van der Waals surface area contributed by atoms with Crippen molar-refractivity contribution in [3.05, 3.63) is 59.7 Å². The second-order valence-electron chi connectivity index (χ2n) is 5.93. The maximum atomic E-state index is 12.3. The molecule has 0 atom stereocenters. The molecule has 0 radical (unpaired) electrons. The average Bonchev–Trinajstić information content (AvgIpc) is 3.04. The van der Waals surface area contributed by atoms with Gasteiger partial charge < -0.3 is 4.74 Å². The third-order valence-corrected chi connectivity index (χ3v) is 4.08. The molecule has 3 aromatic rings. The van der Waals surface area contributed by atoms with Crippen molar-refractivity contribution in [1.29, 1.82) is 0 Å². The summed E-state index contributed by atoms with van der Waals surface area (Å²) in [5, 5.41) is 3.26. The first-order valence-electron chi connectivity index (χ1n) is 8.00. The Bertz CT molecular complexity index is 855. The summed E-state index contributed by atoms with van der Waals surface area (Å²) in [6.07, 6.45) is 0.0984. The number of anilines is 1. The zero-order valence-electron chi connectivity index (χ0n) is 14.3. The van der Waals surface area contributed by atoms with E-state index in [1.807, 2.05) is 45.0 Å². The molecular formula is C19H19N3O2S. The second-order valence-corrected chi connectivity index (χ2v) is 6.69. The van der Waals surface area contributed by atoms with Gasteiger partial charge in [-0.25, -0.2) is 0 Å². The highest BCUT2D eigenvalue weighted by atomic mass is 32.1. The molecule has 128 valence electrons. The van der Waals surface area contributed by atoms with E-state index in [1.54, 1.807) is 24.3 Å². The molecular weight excluding hydrogens is 334 g/mol. The summed E-state index contributed by atoms with van der Waals surface area (Å²) in [7, 11) is 0. The quantitative estimate of drug-likeness (QED) is 0.731. The molecule has 0 bridgehead atoms. The van der Waals surface area contributed by atoms with Gasteiger partial charge in [0.2, 0.25) is 5.13 Å². The van der Waals surface area contributed by atoms with E-state index in [2.05, 4.69) is 14.7 Å². The molecule has 0 unspecified atom stereocenters. The van der Waals surface area contributed by atoms with E-state index >= 15 is 0 Å². The van der Waals surface area contributed by atoms with E-state index in [0.717, 1.165) is 11.3 Å². The number of aryl methyl sites for hydroxylation is 1. The van der Waals surface area contributed by atoms with E-state index in [1.165, 1.54) is 17.1 Å². The van der Waals surface area contributed by atoms with Crippen LogP contribution in [-0.4, -0.2) is 21.4 Å². The predicted octanol–water partition coefficient (Wildman–Crippen LogP) is 4.55. The van der Waals surface area contributed by atoms with Crippen LogP contribution in [0, 0.1) is 6.92 Å². The van der Waals surface area contributed by atoms with Gasteiger partial charge in [0.1, 0.15) is 5.75 Å². The van der Waals surface area contributed by atoms with Gasteiger partial charge in [0.25, 0.3) is 5.91 Å². The van der Waals surface area contributed by atoms with Crippen molar-refractivity contribution >= 4 is 22.6 Å². The normalized spacial score (nSPS) is 10.7. The Morgan fingerprint density at radius 2 is 1.76 bits per heavy atom. The van der Waals surface area contributed by atoms with Crippen LogP contribution in [0.1, 0.15) is 29.8 Å². The molecule has 0 aliphatic carbocycles. The topological polar surface area (TPSA) is 64.1 Å². The summed E-state index contributed by atoms with van der Waals surface area (Å²) in [6, 6.07) is 15.0. The number of nitrogens with zero attached hydrogens (tertiary/aromatic N) is 2. The lowest BCUT2D eigenvalue weighted by atomic mass is 10.1. The summed E-state index contributed by atoms with van der Waals surface area (Å²) in [6.45, 7) is 5.95. The molecule has 1 heterocycles. The van der Waals surface area contributed by atoms with Gasteiger partial charge in [0.15, 0.2) is 5.82 Å². The largest absolute Gasteiger partial charge is 0.491 e. The van der Waals surface area contributed by atoms with Crippen LogP contribution in [0.5, 0.6) is 5.75 Å². The summed E-state index contributed by atoms with van der Waals surface area (Å²) in [5.74, 6) is 1.13. The molecule has 1 N–H and O–H groups in total. The lowest BCUT2D eigenvalue weighted by Gasteiger charge is -2.09. The van der Waals surface area contributed by atoms with Gasteiger partial charge in [0.05, 0.1) is 6.10 Å². The van der Waals surface area contributed by atoms with Crippen molar-refractivity contribution in [3.8, 4) is 17.1 Å². The van der Waals surface area contributed by atoms with Crippen molar-refractivity contribution in [2.45, 2.75) is 26.9 Å². The van der Waals surface area contributed by atoms with Crippen molar-refractivity contribution < 1.29 is 9.53 Å². The van der Waals surface area contributed by atoms with Crippen molar-refractivity contribution in [2.24, 2.45) is 0 Å². The molecule has 5 nitrogen and oxygen atoms in total.